The number of aliphatic imine (C=N–C) groups is 1. The number of aryl methyl sites for hydroxylation is 2. The summed E-state index contributed by atoms with van der Waals surface area (Å²) in [5, 5.41) is 12.9. The van der Waals surface area contributed by atoms with E-state index in [0.717, 1.165) is 22.6 Å². The maximum Gasteiger partial charge on any atom is 0.348 e. The van der Waals surface area contributed by atoms with Crippen LogP contribution in [0.25, 0.3) is 5.69 Å². The first kappa shape index (κ1) is 20.3. The molecule has 0 bridgehead atoms. The quantitative estimate of drug-likeness (QED) is 0.510. The van der Waals surface area contributed by atoms with Crippen molar-refractivity contribution in [2.75, 3.05) is 6.61 Å². The van der Waals surface area contributed by atoms with Gasteiger partial charge in [0.05, 0.1) is 23.4 Å². The van der Waals surface area contributed by atoms with Gasteiger partial charge in [-0.3, -0.25) is 9.89 Å². The van der Waals surface area contributed by atoms with Crippen molar-refractivity contribution in [1.29, 1.82) is 5.26 Å². The molecule has 0 atom stereocenters. The predicted molar refractivity (Wildman–Crippen MR) is 113 cm³/mol. The highest BCUT2D eigenvalue weighted by Crippen LogP contribution is 2.35. The second-order valence-corrected chi connectivity index (χ2v) is 7.40. The molecule has 0 saturated carbocycles. The number of esters is 1. The van der Waals surface area contributed by atoms with Crippen molar-refractivity contribution in [3.8, 4) is 11.8 Å². The van der Waals surface area contributed by atoms with Crippen molar-refractivity contribution in [2.45, 2.75) is 27.7 Å². The highest BCUT2D eigenvalue weighted by Gasteiger charge is 2.21. The van der Waals surface area contributed by atoms with Crippen LogP contribution in [0.15, 0.2) is 34.1 Å². The normalized spacial score (nSPS) is 11.0. The fourth-order valence-corrected chi connectivity index (χ4v) is 3.93. The van der Waals surface area contributed by atoms with Crippen LogP contribution in [-0.2, 0) is 4.74 Å². The Labute approximate surface area is 171 Å². The third-order valence-electron chi connectivity index (χ3n) is 4.49. The van der Waals surface area contributed by atoms with Gasteiger partial charge in [-0.25, -0.2) is 14.5 Å². The number of nitrogens with one attached hydrogen (secondary N) is 1. The molecule has 2 heterocycles. The maximum atomic E-state index is 12.9. The number of ether oxygens (including phenoxy) is 1. The van der Waals surface area contributed by atoms with Crippen molar-refractivity contribution in [2.24, 2.45) is 4.99 Å². The molecule has 1 N–H and O–H groups in total. The summed E-state index contributed by atoms with van der Waals surface area (Å²) >= 11 is 1.08. The molecule has 0 spiro atoms. The van der Waals surface area contributed by atoms with E-state index >= 15 is 0 Å². The van der Waals surface area contributed by atoms with Crippen LogP contribution in [0.2, 0.25) is 0 Å². The van der Waals surface area contributed by atoms with Crippen LogP contribution in [0.5, 0.6) is 0 Å². The van der Waals surface area contributed by atoms with Gasteiger partial charge in [0.15, 0.2) is 0 Å². The van der Waals surface area contributed by atoms with Crippen molar-refractivity contribution >= 4 is 28.5 Å². The highest BCUT2D eigenvalue weighted by molar-refractivity contribution is 7.18. The Balaban J connectivity index is 2.03. The van der Waals surface area contributed by atoms with Crippen LogP contribution in [0.4, 0.5) is 5.00 Å². The van der Waals surface area contributed by atoms with Gasteiger partial charge in [-0.1, -0.05) is 18.2 Å². The predicted octanol–water partition coefficient (Wildman–Crippen LogP) is 3.95. The van der Waals surface area contributed by atoms with Crippen LogP contribution in [0, 0.1) is 32.1 Å². The minimum Gasteiger partial charge on any atom is -0.462 e. The van der Waals surface area contributed by atoms with E-state index in [1.165, 1.54) is 10.9 Å². The number of hydrogen-bond donors (Lipinski definition) is 1. The molecule has 3 rings (SSSR count). The number of nitrogens with zero attached hydrogens (tertiary/aromatic N) is 3. The number of H-pyrrole nitrogens is 1. The van der Waals surface area contributed by atoms with Crippen LogP contribution < -0.4 is 5.56 Å². The van der Waals surface area contributed by atoms with Crippen molar-refractivity contribution in [3.63, 3.8) is 0 Å². The summed E-state index contributed by atoms with van der Waals surface area (Å²) in [7, 11) is 0. The van der Waals surface area contributed by atoms with Crippen LogP contribution in [0.1, 0.15) is 44.5 Å². The van der Waals surface area contributed by atoms with E-state index < -0.39 is 5.97 Å². The second-order valence-electron chi connectivity index (χ2n) is 6.40. The summed E-state index contributed by atoms with van der Waals surface area (Å²) in [6.07, 6.45) is 1.43. The van der Waals surface area contributed by atoms with Gasteiger partial charge in [0, 0.05) is 11.9 Å². The Morgan fingerprint density at radius 2 is 2.07 bits per heavy atom. The number of nitriles is 1. The summed E-state index contributed by atoms with van der Waals surface area (Å²) in [4.78, 5) is 29.7. The van der Waals surface area contributed by atoms with Gasteiger partial charge in [-0.2, -0.15) is 5.26 Å². The lowest BCUT2D eigenvalue weighted by molar-refractivity contribution is 0.0531. The molecular weight excluding hydrogens is 388 g/mol. The number of benzene rings is 1. The molecule has 1 aromatic carbocycles. The minimum absolute atomic E-state index is 0.238. The molecular formula is C21H20N4O3S. The molecule has 148 valence electrons. The van der Waals surface area contributed by atoms with Crippen LogP contribution in [0.3, 0.4) is 0 Å². The number of para-hydroxylation sites is 1. The topological polar surface area (TPSA) is 100 Å². The fraction of sp³-hybridized carbons (Fsp3) is 0.238. The maximum absolute atomic E-state index is 12.9. The average molecular weight is 408 g/mol. The van der Waals surface area contributed by atoms with E-state index in [4.69, 9.17) is 4.74 Å². The number of carbonyl (C=O) groups is 1. The van der Waals surface area contributed by atoms with Crippen molar-refractivity contribution < 1.29 is 9.53 Å². The first-order valence-corrected chi connectivity index (χ1v) is 9.83. The molecule has 7 nitrogen and oxygen atoms in total. The zero-order valence-corrected chi connectivity index (χ0v) is 17.4. The lowest BCUT2D eigenvalue weighted by atomic mass is 10.2. The number of rotatable bonds is 5. The lowest BCUT2D eigenvalue weighted by Gasteiger charge is -2.04. The minimum atomic E-state index is -0.479. The van der Waals surface area contributed by atoms with Gasteiger partial charge >= 0.3 is 5.97 Å². The first-order chi connectivity index (χ1) is 13.9. The second kappa shape index (κ2) is 8.29. The number of carbonyl (C=O) groups excluding carboxylic acids is 1. The molecule has 0 fully saturated rings. The van der Waals surface area contributed by atoms with Gasteiger partial charge in [-0.05, 0) is 44.9 Å². The molecule has 0 saturated heterocycles. The molecule has 0 amide bonds. The zero-order valence-electron chi connectivity index (χ0n) is 16.6. The molecule has 0 unspecified atom stereocenters. The van der Waals surface area contributed by atoms with Gasteiger partial charge in [0.1, 0.15) is 15.9 Å². The fourth-order valence-electron chi connectivity index (χ4n) is 2.93. The Morgan fingerprint density at radius 3 is 2.72 bits per heavy atom. The first-order valence-electron chi connectivity index (χ1n) is 9.01. The summed E-state index contributed by atoms with van der Waals surface area (Å²) in [6.45, 7) is 7.37. The largest absolute Gasteiger partial charge is 0.462 e. The standard InChI is InChI=1S/C21H20N4O3S/c1-5-28-21(27)18-13(3)15(10-22)19(29-18)23-11-16-14(4)24-25(20(16)26)17-9-7-6-8-12(17)2/h6-9,11,24H,5H2,1-4H3/b23-11+. The molecule has 0 aliphatic rings. The van der Waals surface area contributed by atoms with E-state index in [2.05, 4.69) is 16.2 Å². The van der Waals surface area contributed by atoms with Crippen molar-refractivity contribution in [1.82, 2.24) is 9.78 Å². The SMILES string of the molecule is CCOC(=O)c1sc(/N=C/c2c(C)[nH]n(-c3ccccc3C)c2=O)c(C#N)c1C. The molecule has 0 aliphatic heterocycles. The summed E-state index contributed by atoms with van der Waals surface area (Å²) in [5.74, 6) is -0.479. The Bertz CT molecular complexity index is 1210. The Morgan fingerprint density at radius 1 is 1.34 bits per heavy atom. The van der Waals surface area contributed by atoms with E-state index in [-0.39, 0.29) is 12.2 Å². The molecule has 3 aromatic rings. The van der Waals surface area contributed by atoms with E-state index in [1.54, 1.807) is 20.8 Å². The monoisotopic (exact) mass is 408 g/mol. The highest BCUT2D eigenvalue weighted by atomic mass is 32.1. The van der Waals surface area contributed by atoms with E-state index in [0.29, 0.717) is 32.3 Å². The van der Waals surface area contributed by atoms with Gasteiger partial charge < -0.3 is 4.74 Å². The zero-order chi connectivity index (χ0) is 21.1. The third-order valence-corrected chi connectivity index (χ3v) is 5.66. The molecule has 0 radical (unpaired) electrons. The van der Waals surface area contributed by atoms with Crippen LogP contribution >= 0.6 is 11.3 Å². The van der Waals surface area contributed by atoms with E-state index in [9.17, 15) is 14.9 Å². The Hall–Kier alpha value is -3.44. The van der Waals surface area contributed by atoms with Gasteiger partial charge in [0.25, 0.3) is 5.56 Å². The smallest absolute Gasteiger partial charge is 0.348 e. The van der Waals surface area contributed by atoms with Gasteiger partial charge in [-0.15, -0.1) is 11.3 Å². The molecule has 0 aliphatic carbocycles. The van der Waals surface area contributed by atoms with Crippen LogP contribution in [-0.4, -0.2) is 28.6 Å². The molecule has 2 aromatic heterocycles. The number of aromatic nitrogens is 2. The van der Waals surface area contributed by atoms with Gasteiger partial charge in [0.2, 0.25) is 0 Å². The molecule has 29 heavy (non-hydrogen) atoms. The summed E-state index contributed by atoms with van der Waals surface area (Å²) < 4.78 is 6.51. The molecule has 8 heteroatoms. The Kier molecular flexibility index (Phi) is 5.80. The lowest BCUT2D eigenvalue weighted by Crippen LogP contribution is -2.18. The number of aromatic amines is 1. The summed E-state index contributed by atoms with van der Waals surface area (Å²) in [5.41, 5.74) is 3.36. The van der Waals surface area contributed by atoms with Crippen molar-refractivity contribution in [3.05, 3.63) is 67.4 Å². The average Bonchev–Trinajstić information content (AvgIpc) is 3.16. The number of hydrogen-bond acceptors (Lipinski definition) is 6. The summed E-state index contributed by atoms with van der Waals surface area (Å²) in [6, 6.07) is 9.64. The number of thiophene rings is 1. The third kappa shape index (κ3) is 3.77. The van der Waals surface area contributed by atoms with E-state index in [1.807, 2.05) is 31.2 Å².